The van der Waals surface area contributed by atoms with Crippen LogP contribution in [0, 0.1) is 0 Å². The molecule has 77 heavy (non-hydrogen) atoms. The lowest BCUT2D eigenvalue weighted by Crippen LogP contribution is -2.22. The Morgan fingerprint density at radius 2 is 0.286 bits per heavy atom. The molecule has 0 amide bonds. The van der Waals surface area contributed by atoms with E-state index in [-0.39, 0.29) is 18.3 Å². The largest absolute Gasteiger partial charge is 0.475 e. The lowest BCUT2D eigenvalue weighted by atomic mass is 10.0. The molecule has 0 aliphatic carbocycles. The molecule has 0 aliphatic heterocycles. The summed E-state index contributed by atoms with van der Waals surface area (Å²) in [5.41, 5.74) is 0. The summed E-state index contributed by atoms with van der Waals surface area (Å²) in [7, 11) is -3.86. The second kappa shape index (κ2) is 65.3. The van der Waals surface area contributed by atoms with Crippen LogP contribution in [-0.4, -0.2) is 18.3 Å². The first kappa shape index (κ1) is 77.1. The minimum Gasteiger partial charge on any atom is -0.284 e. The van der Waals surface area contributed by atoms with Gasteiger partial charge < -0.3 is 0 Å². The summed E-state index contributed by atoms with van der Waals surface area (Å²) >= 11 is 0. The maximum absolute atomic E-state index is 16.0. The highest BCUT2D eigenvalue weighted by atomic mass is 31.2. The third-order valence-electron chi connectivity index (χ3n) is 17.4. The van der Waals surface area contributed by atoms with Gasteiger partial charge in [-0.2, -0.15) is 0 Å². The molecular formula is C72H147O4P. The van der Waals surface area contributed by atoms with Gasteiger partial charge in [0.2, 0.25) is 0 Å². The van der Waals surface area contributed by atoms with E-state index < -0.39 is 7.82 Å². The van der Waals surface area contributed by atoms with Crippen molar-refractivity contribution in [2.24, 2.45) is 0 Å². The van der Waals surface area contributed by atoms with Crippen molar-refractivity contribution in [3.8, 4) is 0 Å². The molecule has 0 rings (SSSR count). The summed E-state index contributed by atoms with van der Waals surface area (Å²) in [5, 5.41) is 0. The van der Waals surface area contributed by atoms with Crippen molar-refractivity contribution in [2.45, 2.75) is 464 Å². The lowest BCUT2D eigenvalue weighted by Gasteiger charge is -2.31. The van der Waals surface area contributed by atoms with E-state index in [0.29, 0.717) is 0 Å². The molecule has 0 aromatic rings. The van der Waals surface area contributed by atoms with Crippen LogP contribution in [0.1, 0.15) is 446 Å². The number of unbranched alkanes of at least 4 members (excludes halogenated alkanes) is 51. The highest BCUT2D eigenvalue weighted by molar-refractivity contribution is 7.48. The van der Waals surface area contributed by atoms with Gasteiger partial charge in [0.15, 0.2) is 0 Å². The molecule has 0 saturated carbocycles. The Labute approximate surface area is 488 Å². The monoisotopic (exact) mass is 1110 g/mol. The Bertz CT molecular complexity index is 981. The zero-order valence-corrected chi connectivity index (χ0v) is 55.3. The van der Waals surface area contributed by atoms with E-state index in [1.165, 1.54) is 327 Å². The van der Waals surface area contributed by atoms with Crippen LogP contribution in [0.4, 0.5) is 0 Å². The maximum Gasteiger partial charge on any atom is 0.475 e. The molecule has 5 heteroatoms. The fourth-order valence-corrected chi connectivity index (χ4v) is 13.9. The Morgan fingerprint density at radius 1 is 0.182 bits per heavy atom. The number of phosphoric ester groups is 1. The lowest BCUT2D eigenvalue weighted by molar-refractivity contribution is 0.0156. The smallest absolute Gasteiger partial charge is 0.284 e. The van der Waals surface area contributed by atoms with Gasteiger partial charge in [-0.15, -0.1) is 0 Å². The number of phosphoric acid groups is 1. The van der Waals surface area contributed by atoms with Crippen LogP contribution in [0.2, 0.25) is 0 Å². The Kier molecular flexibility index (Phi) is 65.4. The van der Waals surface area contributed by atoms with Crippen LogP contribution in [0.3, 0.4) is 0 Å². The zero-order chi connectivity index (χ0) is 55.9. The highest BCUT2D eigenvalue weighted by Gasteiger charge is 2.36. The number of hydrogen-bond donors (Lipinski definition) is 0. The topological polar surface area (TPSA) is 44.8 Å². The van der Waals surface area contributed by atoms with Crippen molar-refractivity contribution in [3.63, 3.8) is 0 Å². The van der Waals surface area contributed by atoms with Gasteiger partial charge in [0.25, 0.3) is 0 Å². The fourth-order valence-electron chi connectivity index (χ4n) is 12.0. The Morgan fingerprint density at radius 3 is 0.403 bits per heavy atom. The van der Waals surface area contributed by atoms with Crippen LogP contribution in [0.25, 0.3) is 0 Å². The third kappa shape index (κ3) is 59.1. The molecule has 0 radical (unpaired) electrons. The normalized spacial score (nSPS) is 13.9. The number of rotatable bonds is 69. The van der Waals surface area contributed by atoms with Gasteiger partial charge >= 0.3 is 7.82 Å². The van der Waals surface area contributed by atoms with E-state index in [9.17, 15) is 0 Å². The minimum atomic E-state index is -3.86. The molecule has 0 fully saturated rings. The molecule has 4 nitrogen and oxygen atoms in total. The molecule has 0 aliphatic rings. The highest BCUT2D eigenvalue weighted by Crippen LogP contribution is 2.55. The van der Waals surface area contributed by atoms with Crippen molar-refractivity contribution in [1.29, 1.82) is 0 Å². The molecular weight excluding hydrogens is 960 g/mol. The van der Waals surface area contributed by atoms with Gasteiger partial charge in [-0.05, 0) is 38.5 Å². The van der Waals surface area contributed by atoms with Crippen molar-refractivity contribution in [2.75, 3.05) is 0 Å². The molecule has 464 valence electrons. The van der Waals surface area contributed by atoms with Crippen molar-refractivity contribution in [3.05, 3.63) is 0 Å². The first-order valence-corrected chi connectivity index (χ1v) is 38.1. The molecule has 0 N–H and O–H groups in total. The van der Waals surface area contributed by atoms with Crippen LogP contribution >= 0.6 is 7.82 Å². The SMILES string of the molecule is CCCCCCCCCCCCC(CCCCCCCCCCC)OP(=O)(OC(CCCCCCCCCCC)CCCCCCCCCCCC)OC(CCCCCCCCCCC)CCCCCCCCCCCC. The third-order valence-corrected chi connectivity index (χ3v) is 19.0. The van der Waals surface area contributed by atoms with Crippen LogP contribution in [-0.2, 0) is 18.1 Å². The molecule has 0 aromatic carbocycles. The summed E-state index contributed by atoms with van der Waals surface area (Å²) < 4.78 is 37.4. The standard InChI is InChI=1S/C72H147O4P/c1-7-13-19-25-31-37-43-49-55-61-67-70(64-58-52-46-40-34-28-22-16-10-4)74-77(73,75-71(65-59-53-47-41-35-29-23-17-11-5)68-62-56-50-44-38-32-26-20-14-8-2)76-72(66-60-54-48-42-36-30-24-18-12-6)69-63-57-51-45-39-33-27-21-15-9-3/h70-72H,7-69H2,1-6H3. The van der Waals surface area contributed by atoms with E-state index in [0.717, 1.165) is 77.0 Å². The predicted octanol–water partition coefficient (Wildman–Crippen LogP) is 27.9. The molecule has 0 saturated heterocycles. The molecule has 0 bridgehead atoms. The summed E-state index contributed by atoms with van der Waals surface area (Å²) in [6.45, 7) is 13.9. The fraction of sp³-hybridized carbons (Fsp3) is 1.00. The summed E-state index contributed by atoms with van der Waals surface area (Å²) in [6, 6.07) is 0. The van der Waals surface area contributed by atoms with Gasteiger partial charge in [0.1, 0.15) is 0 Å². The van der Waals surface area contributed by atoms with Crippen LogP contribution in [0.5, 0.6) is 0 Å². The predicted molar refractivity (Wildman–Crippen MR) is 347 cm³/mol. The van der Waals surface area contributed by atoms with Gasteiger partial charge in [-0.25, -0.2) is 4.57 Å². The average Bonchev–Trinajstić information content (AvgIpc) is 3.43. The van der Waals surface area contributed by atoms with Gasteiger partial charge in [-0.1, -0.05) is 408 Å². The quantitative estimate of drug-likeness (QED) is 0.0450. The summed E-state index contributed by atoms with van der Waals surface area (Å²) in [4.78, 5) is 0. The van der Waals surface area contributed by atoms with E-state index in [2.05, 4.69) is 41.5 Å². The molecule has 3 atom stereocenters. The van der Waals surface area contributed by atoms with Crippen molar-refractivity contribution < 1.29 is 18.1 Å². The first-order valence-electron chi connectivity index (χ1n) is 36.6. The number of hydrogen-bond acceptors (Lipinski definition) is 4. The average molecular weight is 1110 g/mol. The zero-order valence-electron chi connectivity index (χ0n) is 54.4. The first-order chi connectivity index (χ1) is 38.0. The van der Waals surface area contributed by atoms with Gasteiger partial charge in [0, 0.05) is 0 Å². The molecule has 0 spiro atoms. The van der Waals surface area contributed by atoms with E-state index in [4.69, 9.17) is 13.6 Å². The maximum atomic E-state index is 16.0. The van der Waals surface area contributed by atoms with Crippen LogP contribution < -0.4 is 0 Å². The molecule has 3 unspecified atom stereocenters. The van der Waals surface area contributed by atoms with Crippen LogP contribution in [0.15, 0.2) is 0 Å². The minimum absolute atomic E-state index is 0.0594. The van der Waals surface area contributed by atoms with Crippen molar-refractivity contribution >= 4 is 7.82 Å². The van der Waals surface area contributed by atoms with Gasteiger partial charge in [0.05, 0.1) is 18.3 Å². The van der Waals surface area contributed by atoms with E-state index in [1.807, 2.05) is 0 Å². The van der Waals surface area contributed by atoms with E-state index in [1.54, 1.807) is 0 Å². The summed E-state index contributed by atoms with van der Waals surface area (Å²) in [6.07, 6.45) is 81.3. The second-order valence-corrected chi connectivity index (χ2v) is 26.9. The molecule has 0 heterocycles. The van der Waals surface area contributed by atoms with Gasteiger partial charge in [-0.3, -0.25) is 13.6 Å². The second-order valence-electron chi connectivity index (χ2n) is 25.4. The van der Waals surface area contributed by atoms with E-state index >= 15 is 4.57 Å². The molecule has 0 aromatic heterocycles. The van der Waals surface area contributed by atoms with Crippen molar-refractivity contribution in [1.82, 2.24) is 0 Å². The Balaban J connectivity index is 6.47. The Hall–Kier alpha value is 0.110. The summed E-state index contributed by atoms with van der Waals surface area (Å²) in [5.74, 6) is 0.